The van der Waals surface area contributed by atoms with Crippen LogP contribution in [-0.2, 0) is 23.8 Å². The molecule has 0 atom stereocenters. The van der Waals surface area contributed by atoms with E-state index in [1.807, 2.05) is 6.08 Å². The molecule has 0 aromatic heterocycles. The molecule has 0 saturated heterocycles. The highest BCUT2D eigenvalue weighted by Gasteiger charge is 2.00. The Hall–Kier alpha value is -0.430. The first-order valence-corrected chi connectivity index (χ1v) is 6.98. The van der Waals surface area contributed by atoms with Crippen LogP contribution in [0.15, 0.2) is 12.7 Å². The van der Waals surface area contributed by atoms with Gasteiger partial charge in [-0.25, -0.2) is 0 Å². The molecule has 0 aliphatic rings. The molecule has 0 aromatic carbocycles. The van der Waals surface area contributed by atoms with Gasteiger partial charge in [0.2, 0.25) is 0 Å². The number of unbranched alkanes of at least 4 members (excludes halogenated alkanes) is 1. The lowest BCUT2D eigenvalue weighted by Gasteiger charge is -2.05. The minimum atomic E-state index is -3.35. The summed E-state index contributed by atoms with van der Waals surface area (Å²) in [5, 5.41) is 0. The molecule has 0 N–H and O–H groups in total. The predicted octanol–water partition coefficient (Wildman–Crippen LogP) is 0.962. The first-order chi connectivity index (χ1) is 7.56. The molecule has 0 fully saturated rings. The van der Waals surface area contributed by atoms with Gasteiger partial charge in [0, 0.05) is 6.61 Å². The SMILES string of the molecule is C=CCCCOCCOCCOS(C)(=O)=O. The van der Waals surface area contributed by atoms with E-state index in [2.05, 4.69) is 10.8 Å². The average molecular weight is 252 g/mol. The number of hydrogen-bond acceptors (Lipinski definition) is 5. The van der Waals surface area contributed by atoms with Gasteiger partial charge in [0.15, 0.2) is 0 Å². The van der Waals surface area contributed by atoms with Crippen LogP contribution in [0.3, 0.4) is 0 Å². The van der Waals surface area contributed by atoms with E-state index >= 15 is 0 Å². The maximum absolute atomic E-state index is 10.6. The van der Waals surface area contributed by atoms with E-state index in [0.29, 0.717) is 19.8 Å². The molecule has 0 amide bonds. The second kappa shape index (κ2) is 9.77. The average Bonchev–Trinajstić information content (AvgIpc) is 2.19. The van der Waals surface area contributed by atoms with Crippen molar-refractivity contribution in [1.82, 2.24) is 0 Å². The number of ether oxygens (including phenoxy) is 2. The number of hydrogen-bond donors (Lipinski definition) is 0. The van der Waals surface area contributed by atoms with Crippen molar-refractivity contribution in [3.05, 3.63) is 12.7 Å². The predicted molar refractivity (Wildman–Crippen MR) is 61.9 cm³/mol. The third kappa shape index (κ3) is 13.6. The summed E-state index contributed by atoms with van der Waals surface area (Å²) in [5.74, 6) is 0. The summed E-state index contributed by atoms with van der Waals surface area (Å²) < 4.78 is 35.9. The highest BCUT2D eigenvalue weighted by atomic mass is 32.2. The Morgan fingerprint density at radius 3 is 2.19 bits per heavy atom. The summed E-state index contributed by atoms with van der Waals surface area (Å²) >= 11 is 0. The molecule has 96 valence electrons. The Morgan fingerprint density at radius 1 is 1.06 bits per heavy atom. The highest BCUT2D eigenvalue weighted by molar-refractivity contribution is 7.85. The van der Waals surface area contributed by atoms with Gasteiger partial charge in [-0.05, 0) is 12.8 Å². The monoisotopic (exact) mass is 252 g/mol. The smallest absolute Gasteiger partial charge is 0.264 e. The van der Waals surface area contributed by atoms with Crippen LogP contribution in [0.25, 0.3) is 0 Å². The zero-order valence-electron chi connectivity index (χ0n) is 9.68. The minimum Gasteiger partial charge on any atom is -0.379 e. The van der Waals surface area contributed by atoms with Gasteiger partial charge >= 0.3 is 0 Å². The van der Waals surface area contributed by atoms with Crippen LogP contribution in [0.1, 0.15) is 12.8 Å². The van der Waals surface area contributed by atoms with E-state index < -0.39 is 10.1 Å². The molecule has 0 unspecified atom stereocenters. The van der Waals surface area contributed by atoms with E-state index in [1.165, 1.54) is 0 Å². The van der Waals surface area contributed by atoms with Crippen LogP contribution >= 0.6 is 0 Å². The molecular weight excluding hydrogens is 232 g/mol. The van der Waals surface area contributed by atoms with Gasteiger partial charge in [0.25, 0.3) is 10.1 Å². The molecule has 6 heteroatoms. The fraction of sp³-hybridized carbons (Fsp3) is 0.800. The zero-order valence-corrected chi connectivity index (χ0v) is 10.5. The van der Waals surface area contributed by atoms with Gasteiger partial charge in [0.1, 0.15) is 0 Å². The molecule has 0 radical (unpaired) electrons. The molecule has 0 aromatic rings. The molecule has 0 aliphatic carbocycles. The Morgan fingerprint density at radius 2 is 1.62 bits per heavy atom. The first kappa shape index (κ1) is 15.6. The van der Waals surface area contributed by atoms with E-state index in [4.69, 9.17) is 9.47 Å². The molecule has 0 heterocycles. The molecule has 0 saturated carbocycles. The lowest BCUT2D eigenvalue weighted by Crippen LogP contribution is -2.12. The largest absolute Gasteiger partial charge is 0.379 e. The fourth-order valence-corrected chi connectivity index (χ4v) is 1.27. The molecule has 5 nitrogen and oxygen atoms in total. The zero-order chi connectivity index (χ0) is 12.3. The van der Waals surface area contributed by atoms with Crippen molar-refractivity contribution in [3.8, 4) is 0 Å². The van der Waals surface area contributed by atoms with E-state index in [-0.39, 0.29) is 13.2 Å². The van der Waals surface area contributed by atoms with Crippen LogP contribution in [0.5, 0.6) is 0 Å². The normalized spacial score (nSPS) is 11.6. The van der Waals surface area contributed by atoms with Crippen LogP contribution in [-0.4, -0.2) is 47.7 Å². The lowest BCUT2D eigenvalue weighted by atomic mass is 10.3. The van der Waals surface area contributed by atoms with Crippen LogP contribution in [0.2, 0.25) is 0 Å². The lowest BCUT2D eigenvalue weighted by molar-refractivity contribution is 0.0367. The summed E-state index contributed by atoms with van der Waals surface area (Å²) in [6.07, 6.45) is 4.77. The van der Waals surface area contributed by atoms with Crippen LogP contribution < -0.4 is 0 Å². The third-order valence-electron chi connectivity index (χ3n) is 1.59. The minimum absolute atomic E-state index is 0.0509. The Balaban J connectivity index is 3.07. The van der Waals surface area contributed by atoms with Crippen molar-refractivity contribution >= 4 is 10.1 Å². The molecule has 0 bridgehead atoms. The molecule has 0 spiro atoms. The molecular formula is C10H20O5S. The molecule has 0 aliphatic heterocycles. The molecule has 0 rings (SSSR count). The van der Waals surface area contributed by atoms with E-state index in [9.17, 15) is 8.42 Å². The molecule has 16 heavy (non-hydrogen) atoms. The third-order valence-corrected chi connectivity index (χ3v) is 2.19. The van der Waals surface area contributed by atoms with Gasteiger partial charge in [0.05, 0.1) is 32.7 Å². The number of rotatable bonds is 11. The number of allylic oxidation sites excluding steroid dienone is 1. The van der Waals surface area contributed by atoms with Crippen LogP contribution in [0.4, 0.5) is 0 Å². The Labute approximate surface area is 97.5 Å². The summed E-state index contributed by atoms with van der Waals surface area (Å²) in [5.41, 5.74) is 0. The van der Waals surface area contributed by atoms with Gasteiger partial charge in [-0.2, -0.15) is 8.42 Å². The standard InChI is InChI=1S/C10H20O5S/c1-3-4-5-6-13-7-8-14-9-10-15-16(2,11)12/h3H,1,4-10H2,2H3. The van der Waals surface area contributed by atoms with Crippen molar-refractivity contribution in [2.24, 2.45) is 0 Å². The van der Waals surface area contributed by atoms with Crippen LogP contribution in [0, 0.1) is 0 Å². The van der Waals surface area contributed by atoms with Gasteiger partial charge < -0.3 is 9.47 Å². The maximum Gasteiger partial charge on any atom is 0.264 e. The Bertz CT molecular complexity index is 260. The second-order valence-electron chi connectivity index (χ2n) is 3.18. The first-order valence-electron chi connectivity index (χ1n) is 5.17. The summed E-state index contributed by atoms with van der Waals surface area (Å²) in [7, 11) is -3.35. The second-order valence-corrected chi connectivity index (χ2v) is 4.83. The van der Waals surface area contributed by atoms with Crippen molar-refractivity contribution in [2.75, 3.05) is 39.3 Å². The summed E-state index contributed by atoms with van der Waals surface area (Å²) in [6.45, 7) is 5.55. The Kier molecular flexibility index (Phi) is 9.51. The van der Waals surface area contributed by atoms with E-state index in [0.717, 1.165) is 19.1 Å². The highest BCUT2D eigenvalue weighted by Crippen LogP contribution is 1.90. The topological polar surface area (TPSA) is 61.8 Å². The maximum atomic E-state index is 10.6. The van der Waals surface area contributed by atoms with Crippen molar-refractivity contribution in [3.63, 3.8) is 0 Å². The summed E-state index contributed by atoms with van der Waals surface area (Å²) in [4.78, 5) is 0. The van der Waals surface area contributed by atoms with Gasteiger partial charge in [-0.1, -0.05) is 6.08 Å². The fourth-order valence-electron chi connectivity index (χ4n) is 0.896. The van der Waals surface area contributed by atoms with Crippen molar-refractivity contribution < 1.29 is 22.1 Å². The van der Waals surface area contributed by atoms with Crippen molar-refractivity contribution in [2.45, 2.75) is 12.8 Å². The van der Waals surface area contributed by atoms with E-state index in [1.54, 1.807) is 0 Å². The van der Waals surface area contributed by atoms with Crippen molar-refractivity contribution in [1.29, 1.82) is 0 Å². The van der Waals surface area contributed by atoms with Gasteiger partial charge in [-0.3, -0.25) is 4.18 Å². The quantitative estimate of drug-likeness (QED) is 0.311. The summed E-state index contributed by atoms with van der Waals surface area (Å²) in [6, 6.07) is 0. The van der Waals surface area contributed by atoms with Gasteiger partial charge in [-0.15, -0.1) is 6.58 Å².